The summed E-state index contributed by atoms with van der Waals surface area (Å²) in [5.41, 5.74) is -1.12. The zero-order valence-electron chi connectivity index (χ0n) is 10.1. The molecule has 0 aromatic heterocycles. The van der Waals surface area contributed by atoms with E-state index in [4.69, 9.17) is 5.11 Å². The fourth-order valence-electron chi connectivity index (χ4n) is 1.63. The minimum Gasteiger partial charge on any atom is -0.481 e. The second-order valence-electron chi connectivity index (χ2n) is 4.92. The summed E-state index contributed by atoms with van der Waals surface area (Å²) >= 11 is 0. The molecule has 0 aromatic carbocycles. The predicted molar refractivity (Wildman–Crippen MR) is 60.2 cm³/mol. The Morgan fingerprint density at radius 3 is 2.71 bits per heavy atom. The lowest BCUT2D eigenvalue weighted by Gasteiger charge is -2.24. The van der Waals surface area contributed by atoms with Crippen LogP contribution in [-0.2, 0) is 14.4 Å². The lowest BCUT2D eigenvalue weighted by Crippen LogP contribution is -2.51. The molecular weight excluding hydrogens is 224 g/mol. The first-order chi connectivity index (χ1) is 7.83. The van der Waals surface area contributed by atoms with Gasteiger partial charge in [-0.05, 0) is 26.7 Å². The monoisotopic (exact) mass is 242 g/mol. The van der Waals surface area contributed by atoms with Crippen molar-refractivity contribution in [1.29, 1.82) is 0 Å². The lowest BCUT2D eigenvalue weighted by atomic mass is 9.89. The summed E-state index contributed by atoms with van der Waals surface area (Å²) in [5, 5.41) is 14.1. The van der Waals surface area contributed by atoms with Crippen LogP contribution in [0.3, 0.4) is 0 Å². The number of carbonyl (C=O) groups is 3. The Kier molecular flexibility index (Phi) is 4.09. The van der Waals surface area contributed by atoms with Gasteiger partial charge in [-0.2, -0.15) is 0 Å². The van der Waals surface area contributed by atoms with Crippen molar-refractivity contribution in [2.24, 2.45) is 5.41 Å². The van der Waals surface area contributed by atoms with Crippen molar-refractivity contribution < 1.29 is 19.5 Å². The molecule has 0 radical (unpaired) electrons. The molecule has 1 heterocycles. The maximum atomic E-state index is 11.6. The van der Waals surface area contributed by atoms with Gasteiger partial charge in [-0.1, -0.05) is 0 Å². The van der Waals surface area contributed by atoms with Crippen molar-refractivity contribution in [3.8, 4) is 0 Å². The minimum absolute atomic E-state index is 0.133. The van der Waals surface area contributed by atoms with Crippen molar-refractivity contribution in [1.82, 2.24) is 10.6 Å². The SMILES string of the molecule is CC(C)(CC(=O)NC1CCCNC1=O)C(=O)O. The first-order valence-corrected chi connectivity index (χ1v) is 5.63. The van der Waals surface area contributed by atoms with E-state index in [1.807, 2.05) is 0 Å². The van der Waals surface area contributed by atoms with Gasteiger partial charge in [-0.3, -0.25) is 14.4 Å². The molecule has 6 heteroatoms. The van der Waals surface area contributed by atoms with Crippen LogP contribution >= 0.6 is 0 Å². The summed E-state index contributed by atoms with van der Waals surface area (Å²) in [4.78, 5) is 33.9. The van der Waals surface area contributed by atoms with Crippen molar-refractivity contribution >= 4 is 17.8 Å². The Morgan fingerprint density at radius 1 is 1.53 bits per heavy atom. The molecule has 1 saturated heterocycles. The van der Waals surface area contributed by atoms with Gasteiger partial charge < -0.3 is 15.7 Å². The highest BCUT2D eigenvalue weighted by molar-refractivity contribution is 5.90. The van der Waals surface area contributed by atoms with E-state index in [1.165, 1.54) is 13.8 Å². The molecule has 1 unspecified atom stereocenters. The van der Waals surface area contributed by atoms with Crippen molar-refractivity contribution in [3.05, 3.63) is 0 Å². The molecular formula is C11H18N2O4. The summed E-state index contributed by atoms with van der Waals surface area (Å²) in [5.74, 6) is -1.63. The minimum atomic E-state index is -1.12. The lowest BCUT2D eigenvalue weighted by molar-refractivity contribution is -0.149. The van der Waals surface area contributed by atoms with E-state index in [2.05, 4.69) is 10.6 Å². The van der Waals surface area contributed by atoms with Gasteiger partial charge in [0, 0.05) is 13.0 Å². The third kappa shape index (κ3) is 3.72. The highest BCUT2D eigenvalue weighted by Crippen LogP contribution is 2.20. The molecule has 96 valence electrons. The third-order valence-corrected chi connectivity index (χ3v) is 2.80. The van der Waals surface area contributed by atoms with Gasteiger partial charge in [0.2, 0.25) is 11.8 Å². The molecule has 1 fully saturated rings. The highest BCUT2D eigenvalue weighted by atomic mass is 16.4. The summed E-state index contributed by atoms with van der Waals surface area (Å²) in [7, 11) is 0. The smallest absolute Gasteiger partial charge is 0.309 e. The van der Waals surface area contributed by atoms with Crippen LogP contribution in [0.2, 0.25) is 0 Å². The van der Waals surface area contributed by atoms with Crippen LogP contribution in [0, 0.1) is 5.41 Å². The summed E-state index contributed by atoms with van der Waals surface area (Å²) in [6.45, 7) is 3.59. The average Bonchev–Trinajstić information content (AvgIpc) is 2.20. The van der Waals surface area contributed by atoms with E-state index in [0.717, 1.165) is 6.42 Å². The van der Waals surface area contributed by atoms with E-state index < -0.39 is 23.3 Å². The number of aliphatic carboxylic acids is 1. The topological polar surface area (TPSA) is 95.5 Å². The van der Waals surface area contributed by atoms with E-state index in [0.29, 0.717) is 13.0 Å². The van der Waals surface area contributed by atoms with E-state index in [9.17, 15) is 14.4 Å². The van der Waals surface area contributed by atoms with Gasteiger partial charge in [-0.15, -0.1) is 0 Å². The molecule has 17 heavy (non-hydrogen) atoms. The van der Waals surface area contributed by atoms with Crippen molar-refractivity contribution in [2.75, 3.05) is 6.54 Å². The Morgan fingerprint density at radius 2 is 2.18 bits per heavy atom. The second-order valence-corrected chi connectivity index (χ2v) is 4.92. The number of carbonyl (C=O) groups excluding carboxylic acids is 2. The summed E-state index contributed by atoms with van der Waals surface area (Å²) in [6, 6.07) is -0.527. The maximum Gasteiger partial charge on any atom is 0.309 e. The van der Waals surface area contributed by atoms with Gasteiger partial charge in [0.15, 0.2) is 0 Å². The fraction of sp³-hybridized carbons (Fsp3) is 0.727. The Labute approximate surface area is 99.8 Å². The zero-order valence-corrected chi connectivity index (χ0v) is 10.1. The molecule has 1 atom stereocenters. The number of amides is 2. The standard InChI is InChI=1S/C11H18N2O4/c1-11(2,10(16)17)6-8(14)13-7-4-3-5-12-9(7)15/h7H,3-6H2,1-2H3,(H,12,15)(H,13,14)(H,16,17). The van der Waals surface area contributed by atoms with Gasteiger partial charge in [0.1, 0.15) is 6.04 Å². The van der Waals surface area contributed by atoms with Gasteiger partial charge in [0.25, 0.3) is 0 Å². The van der Waals surface area contributed by atoms with Crippen LogP contribution in [0.15, 0.2) is 0 Å². The number of hydrogen-bond acceptors (Lipinski definition) is 3. The third-order valence-electron chi connectivity index (χ3n) is 2.80. The van der Waals surface area contributed by atoms with Crippen LogP contribution in [0.1, 0.15) is 33.1 Å². The zero-order chi connectivity index (χ0) is 13.1. The molecule has 0 aliphatic carbocycles. The number of piperidine rings is 1. The Hall–Kier alpha value is -1.59. The van der Waals surface area contributed by atoms with Gasteiger partial charge >= 0.3 is 5.97 Å². The summed E-state index contributed by atoms with van der Waals surface area (Å²) in [6.07, 6.45) is 1.29. The average molecular weight is 242 g/mol. The molecule has 0 saturated carbocycles. The number of nitrogens with one attached hydrogen (secondary N) is 2. The quantitative estimate of drug-likeness (QED) is 0.640. The number of carboxylic acid groups (broad SMARTS) is 1. The molecule has 6 nitrogen and oxygen atoms in total. The first kappa shape index (κ1) is 13.5. The van der Waals surface area contributed by atoms with Crippen LogP contribution in [-0.4, -0.2) is 35.5 Å². The molecule has 2 amide bonds. The van der Waals surface area contributed by atoms with Gasteiger partial charge in [0.05, 0.1) is 5.41 Å². The maximum absolute atomic E-state index is 11.6. The molecule has 3 N–H and O–H groups in total. The summed E-state index contributed by atoms with van der Waals surface area (Å²) < 4.78 is 0. The van der Waals surface area contributed by atoms with Crippen LogP contribution in [0.25, 0.3) is 0 Å². The largest absolute Gasteiger partial charge is 0.481 e. The number of carboxylic acids is 1. The Balaban J connectivity index is 2.49. The predicted octanol–water partition coefficient (Wildman–Crippen LogP) is -0.118. The van der Waals surface area contributed by atoms with Crippen LogP contribution in [0.4, 0.5) is 0 Å². The molecule has 1 aliphatic rings. The molecule has 1 rings (SSSR count). The highest BCUT2D eigenvalue weighted by Gasteiger charge is 2.32. The van der Waals surface area contributed by atoms with E-state index >= 15 is 0 Å². The second kappa shape index (κ2) is 5.16. The van der Waals surface area contributed by atoms with Gasteiger partial charge in [-0.25, -0.2) is 0 Å². The molecule has 0 spiro atoms. The normalized spacial score (nSPS) is 20.6. The van der Waals surface area contributed by atoms with E-state index in [1.54, 1.807) is 0 Å². The van der Waals surface area contributed by atoms with Crippen molar-refractivity contribution in [2.45, 2.75) is 39.2 Å². The first-order valence-electron chi connectivity index (χ1n) is 5.63. The molecule has 0 aromatic rings. The Bertz CT molecular complexity index is 338. The van der Waals surface area contributed by atoms with Crippen LogP contribution in [0.5, 0.6) is 0 Å². The number of rotatable bonds is 4. The number of hydrogen-bond donors (Lipinski definition) is 3. The van der Waals surface area contributed by atoms with Crippen LogP contribution < -0.4 is 10.6 Å². The van der Waals surface area contributed by atoms with E-state index in [-0.39, 0.29) is 12.3 Å². The van der Waals surface area contributed by atoms with Crippen molar-refractivity contribution in [3.63, 3.8) is 0 Å². The fourth-order valence-corrected chi connectivity index (χ4v) is 1.63. The molecule has 1 aliphatic heterocycles. The molecule has 0 bridgehead atoms.